The van der Waals surface area contributed by atoms with Gasteiger partial charge in [-0.15, -0.1) is 22.7 Å². The van der Waals surface area contributed by atoms with E-state index < -0.39 is 0 Å². The number of nitrogens with zero attached hydrogens (tertiary/aromatic N) is 3. The second-order valence-corrected chi connectivity index (χ2v) is 9.30. The zero-order chi connectivity index (χ0) is 21.0. The molecule has 1 N–H and O–H groups in total. The molecule has 1 amide bonds. The summed E-state index contributed by atoms with van der Waals surface area (Å²) in [7, 11) is 0. The number of hydrogen-bond donors (Lipinski definition) is 1. The van der Waals surface area contributed by atoms with Crippen LogP contribution in [0.3, 0.4) is 0 Å². The van der Waals surface area contributed by atoms with Crippen LogP contribution < -0.4 is 5.32 Å². The van der Waals surface area contributed by atoms with Crippen molar-refractivity contribution in [2.24, 2.45) is 0 Å². The van der Waals surface area contributed by atoms with Crippen molar-refractivity contribution in [1.29, 1.82) is 0 Å². The van der Waals surface area contributed by atoms with Crippen molar-refractivity contribution in [3.05, 3.63) is 77.8 Å². The Morgan fingerprint density at radius 2 is 1.65 bits per heavy atom. The molecule has 8 heteroatoms. The molecule has 0 aliphatic heterocycles. The highest BCUT2D eigenvalue weighted by atomic mass is 32.2. The van der Waals surface area contributed by atoms with E-state index in [0.717, 1.165) is 37.6 Å². The number of thiazole rings is 1. The van der Waals surface area contributed by atoms with Gasteiger partial charge in [-0.3, -0.25) is 4.79 Å². The van der Waals surface area contributed by atoms with Crippen molar-refractivity contribution in [3.8, 4) is 22.4 Å². The first-order valence-electron chi connectivity index (χ1n) is 9.49. The van der Waals surface area contributed by atoms with Crippen molar-refractivity contribution in [1.82, 2.24) is 15.0 Å². The number of hydrogen-bond acceptors (Lipinski definition) is 7. The van der Waals surface area contributed by atoms with E-state index in [0.29, 0.717) is 5.13 Å². The van der Waals surface area contributed by atoms with Crippen LogP contribution in [-0.2, 0) is 4.79 Å². The quantitative estimate of drug-likeness (QED) is 0.241. The van der Waals surface area contributed by atoms with Crippen molar-refractivity contribution >= 4 is 55.7 Å². The van der Waals surface area contributed by atoms with E-state index in [-0.39, 0.29) is 11.7 Å². The highest BCUT2D eigenvalue weighted by molar-refractivity contribution is 8.00. The summed E-state index contributed by atoms with van der Waals surface area (Å²) in [6.07, 6.45) is 1.56. The second kappa shape index (κ2) is 8.97. The molecule has 0 atom stereocenters. The number of carbonyl (C=O) groups is 1. The number of carbonyl (C=O) groups excluding carboxylic acids is 1. The largest absolute Gasteiger partial charge is 0.301 e. The highest BCUT2D eigenvalue weighted by Crippen LogP contribution is 2.37. The maximum atomic E-state index is 12.6. The molecule has 5 rings (SSSR count). The van der Waals surface area contributed by atoms with Gasteiger partial charge in [-0.2, -0.15) is 0 Å². The van der Waals surface area contributed by atoms with Crippen LogP contribution >= 0.6 is 34.4 Å². The minimum absolute atomic E-state index is 0.109. The smallest absolute Gasteiger partial charge is 0.236 e. The molecule has 0 unspecified atom stereocenters. The standard InChI is InChI=1S/C23H16N4OS3/c28-19(27-23-26-18(12-31-23)16-9-5-2-6-10-16)13-30-22-20-17(15-7-3-1-4-8-15)11-29-21(20)24-14-25-22/h1-12,14H,13H2,(H,26,27,28). The molecule has 0 fully saturated rings. The van der Waals surface area contributed by atoms with Crippen molar-refractivity contribution < 1.29 is 4.79 Å². The minimum Gasteiger partial charge on any atom is -0.301 e. The molecule has 31 heavy (non-hydrogen) atoms. The Bertz CT molecular complexity index is 1330. The van der Waals surface area contributed by atoms with E-state index in [4.69, 9.17) is 0 Å². The number of thioether (sulfide) groups is 1. The van der Waals surface area contributed by atoms with Gasteiger partial charge in [0.2, 0.25) is 5.91 Å². The molecular weight excluding hydrogens is 444 g/mol. The molecule has 0 bridgehead atoms. The van der Waals surface area contributed by atoms with Gasteiger partial charge in [0.1, 0.15) is 16.2 Å². The Balaban J connectivity index is 1.31. The lowest BCUT2D eigenvalue weighted by Gasteiger charge is -2.05. The van der Waals surface area contributed by atoms with Gasteiger partial charge in [-0.1, -0.05) is 72.4 Å². The summed E-state index contributed by atoms with van der Waals surface area (Å²) < 4.78 is 0. The number of anilines is 1. The van der Waals surface area contributed by atoms with E-state index in [1.165, 1.54) is 23.1 Å². The van der Waals surface area contributed by atoms with Gasteiger partial charge in [-0.25, -0.2) is 15.0 Å². The second-order valence-electron chi connectivity index (χ2n) is 6.62. The molecule has 0 spiro atoms. The van der Waals surface area contributed by atoms with Crippen LogP contribution in [-0.4, -0.2) is 26.6 Å². The lowest BCUT2D eigenvalue weighted by atomic mass is 10.1. The Kier molecular flexibility index (Phi) is 5.75. The molecule has 2 aromatic carbocycles. The predicted molar refractivity (Wildman–Crippen MR) is 130 cm³/mol. The number of amides is 1. The molecular formula is C23H16N4OS3. The van der Waals surface area contributed by atoms with Crippen molar-refractivity contribution in [3.63, 3.8) is 0 Å². The summed E-state index contributed by atoms with van der Waals surface area (Å²) in [6, 6.07) is 20.1. The summed E-state index contributed by atoms with van der Waals surface area (Å²) in [5.74, 6) is 0.137. The summed E-state index contributed by atoms with van der Waals surface area (Å²) >= 11 is 4.42. The van der Waals surface area contributed by atoms with Crippen LogP contribution in [0.25, 0.3) is 32.6 Å². The maximum Gasteiger partial charge on any atom is 0.236 e. The fraction of sp³-hybridized carbons (Fsp3) is 0.0435. The Labute approximate surface area is 191 Å². The molecule has 3 aromatic heterocycles. The molecule has 152 valence electrons. The van der Waals surface area contributed by atoms with E-state index in [1.807, 2.05) is 53.9 Å². The molecule has 0 aliphatic carbocycles. The topological polar surface area (TPSA) is 67.8 Å². The first-order chi connectivity index (χ1) is 15.3. The molecule has 0 saturated heterocycles. The third kappa shape index (κ3) is 4.36. The van der Waals surface area contributed by atoms with Crippen molar-refractivity contribution in [2.45, 2.75) is 5.03 Å². The Morgan fingerprint density at radius 3 is 2.42 bits per heavy atom. The van der Waals surface area contributed by atoms with Gasteiger partial charge in [-0.05, 0) is 5.56 Å². The average Bonchev–Trinajstić information content (AvgIpc) is 3.46. The van der Waals surface area contributed by atoms with Gasteiger partial charge in [0.15, 0.2) is 5.13 Å². The van der Waals surface area contributed by atoms with Gasteiger partial charge < -0.3 is 5.32 Å². The monoisotopic (exact) mass is 460 g/mol. The number of benzene rings is 2. The fourth-order valence-corrected chi connectivity index (χ4v) is 5.68. The minimum atomic E-state index is -0.109. The lowest BCUT2D eigenvalue weighted by molar-refractivity contribution is -0.113. The summed E-state index contributed by atoms with van der Waals surface area (Å²) in [4.78, 5) is 26.9. The molecule has 5 aromatic rings. The average molecular weight is 461 g/mol. The molecule has 0 saturated carbocycles. The number of thiophene rings is 1. The van der Waals surface area contributed by atoms with Crippen molar-refractivity contribution in [2.75, 3.05) is 11.1 Å². The third-order valence-electron chi connectivity index (χ3n) is 4.58. The molecule has 3 heterocycles. The number of aromatic nitrogens is 3. The first-order valence-corrected chi connectivity index (χ1v) is 12.2. The summed E-state index contributed by atoms with van der Waals surface area (Å²) in [6.45, 7) is 0. The van der Waals surface area contributed by atoms with Gasteiger partial charge >= 0.3 is 0 Å². The SMILES string of the molecule is O=C(CSc1ncnc2scc(-c3ccccc3)c12)Nc1nc(-c2ccccc2)cs1. The predicted octanol–water partition coefficient (Wildman–Crippen LogP) is 6.21. The van der Waals surface area contributed by atoms with Crippen LogP contribution in [0.1, 0.15) is 0 Å². The lowest BCUT2D eigenvalue weighted by Crippen LogP contribution is -2.14. The fourth-order valence-electron chi connectivity index (χ4n) is 3.15. The van der Waals surface area contributed by atoms with E-state index in [9.17, 15) is 4.79 Å². The maximum absolute atomic E-state index is 12.6. The normalized spacial score (nSPS) is 11.0. The number of rotatable bonds is 6. The van der Waals surface area contributed by atoms with Crippen LogP contribution in [0.15, 0.2) is 82.8 Å². The van der Waals surface area contributed by atoms with Crippen LogP contribution in [0, 0.1) is 0 Å². The highest BCUT2D eigenvalue weighted by Gasteiger charge is 2.15. The number of nitrogens with one attached hydrogen (secondary N) is 1. The molecule has 0 aliphatic rings. The summed E-state index contributed by atoms with van der Waals surface area (Å²) in [5.41, 5.74) is 4.10. The van der Waals surface area contributed by atoms with Gasteiger partial charge in [0, 0.05) is 21.9 Å². The van der Waals surface area contributed by atoms with Crippen LogP contribution in [0.2, 0.25) is 0 Å². The van der Waals surface area contributed by atoms with E-state index >= 15 is 0 Å². The zero-order valence-corrected chi connectivity index (χ0v) is 18.6. The third-order valence-corrected chi connectivity index (χ3v) is 7.21. The van der Waals surface area contributed by atoms with Gasteiger partial charge in [0.25, 0.3) is 0 Å². The van der Waals surface area contributed by atoms with E-state index in [1.54, 1.807) is 17.7 Å². The first kappa shape index (κ1) is 19.9. The van der Waals surface area contributed by atoms with E-state index in [2.05, 4.69) is 37.8 Å². The molecule has 0 radical (unpaired) electrons. The van der Waals surface area contributed by atoms with Crippen LogP contribution in [0.4, 0.5) is 5.13 Å². The Hall–Kier alpha value is -3.07. The molecule has 5 nitrogen and oxygen atoms in total. The van der Waals surface area contributed by atoms with Gasteiger partial charge in [0.05, 0.1) is 16.8 Å². The van der Waals surface area contributed by atoms with Crippen LogP contribution in [0.5, 0.6) is 0 Å². The zero-order valence-electron chi connectivity index (χ0n) is 16.2. The number of fused-ring (bicyclic) bond motifs is 1. The summed E-state index contributed by atoms with van der Waals surface area (Å²) in [5, 5.41) is 9.34. The Morgan fingerprint density at radius 1 is 0.903 bits per heavy atom.